The van der Waals surface area contributed by atoms with Crippen molar-refractivity contribution < 1.29 is 33.7 Å². The Morgan fingerprint density at radius 2 is 1.77 bits per heavy atom. The van der Waals surface area contributed by atoms with Crippen LogP contribution in [0.3, 0.4) is 0 Å². The third kappa shape index (κ3) is 3.58. The van der Waals surface area contributed by atoms with Crippen molar-refractivity contribution in [3.63, 3.8) is 0 Å². The Morgan fingerprint density at radius 3 is 2.45 bits per heavy atom. The molecule has 0 radical (unpaired) electrons. The van der Waals surface area contributed by atoms with E-state index < -0.39 is 34.8 Å². The summed E-state index contributed by atoms with van der Waals surface area (Å²) in [5.74, 6) is -1.37. The zero-order chi connectivity index (χ0) is 28.7. The van der Waals surface area contributed by atoms with Crippen molar-refractivity contribution in [1.82, 2.24) is 0 Å². The van der Waals surface area contributed by atoms with E-state index in [1.165, 1.54) is 0 Å². The lowest BCUT2D eigenvalue weighted by molar-refractivity contribution is -0.217. The van der Waals surface area contributed by atoms with Crippen LogP contribution in [0.1, 0.15) is 96.3 Å². The van der Waals surface area contributed by atoms with Gasteiger partial charge in [-0.3, -0.25) is 9.59 Å². The number of hydrogen-bond acceptors (Lipinski definition) is 7. The van der Waals surface area contributed by atoms with Gasteiger partial charge in [0.25, 0.3) is 0 Å². The molecule has 0 amide bonds. The topological polar surface area (TPSA) is 102 Å². The van der Waals surface area contributed by atoms with Gasteiger partial charge >= 0.3 is 11.9 Å². The minimum Gasteiger partial charge on any atom is -0.458 e. The highest BCUT2D eigenvalue weighted by Crippen LogP contribution is 2.81. The van der Waals surface area contributed by atoms with Gasteiger partial charge in [-0.25, -0.2) is 4.79 Å². The lowest BCUT2D eigenvalue weighted by Crippen LogP contribution is -2.70. The van der Waals surface area contributed by atoms with Gasteiger partial charge in [-0.15, -0.1) is 0 Å². The minimum atomic E-state index is -0.840. The molecule has 7 heteroatoms. The second-order valence-corrected chi connectivity index (χ2v) is 13.9. The summed E-state index contributed by atoms with van der Waals surface area (Å²) in [6.45, 7) is 9.75. The molecule has 40 heavy (non-hydrogen) atoms. The summed E-state index contributed by atoms with van der Waals surface area (Å²) in [6, 6.07) is 8.88. The number of esters is 2. The third-order valence-corrected chi connectivity index (χ3v) is 12.2. The molecule has 0 bridgehead atoms. The average Bonchev–Trinajstić information content (AvgIpc) is 3.48. The van der Waals surface area contributed by atoms with Gasteiger partial charge in [0, 0.05) is 17.3 Å². The normalized spacial score (nSPS) is 45.6. The van der Waals surface area contributed by atoms with Crippen LogP contribution in [-0.2, 0) is 23.8 Å². The molecule has 1 aromatic carbocycles. The summed E-state index contributed by atoms with van der Waals surface area (Å²) in [5, 5.41) is 10.6. The van der Waals surface area contributed by atoms with Crippen LogP contribution in [-0.4, -0.2) is 52.3 Å². The fraction of sp³-hybridized carbons (Fsp3) is 0.727. The van der Waals surface area contributed by atoms with Crippen molar-refractivity contribution in [3.8, 4) is 0 Å². The first-order valence-corrected chi connectivity index (χ1v) is 15.3. The van der Waals surface area contributed by atoms with Crippen molar-refractivity contribution in [2.45, 2.75) is 115 Å². The van der Waals surface area contributed by atoms with Crippen molar-refractivity contribution in [2.75, 3.05) is 0 Å². The summed E-state index contributed by atoms with van der Waals surface area (Å²) in [7, 11) is 0. The second kappa shape index (κ2) is 9.38. The third-order valence-electron chi connectivity index (χ3n) is 12.2. The molecular weight excluding hydrogens is 508 g/mol. The number of ether oxygens (including phenoxy) is 3. The van der Waals surface area contributed by atoms with Crippen LogP contribution in [0.2, 0.25) is 0 Å². The van der Waals surface area contributed by atoms with Gasteiger partial charge in [0.15, 0.2) is 0 Å². The number of rotatable bonds is 6. The monoisotopic (exact) mass is 552 g/mol. The van der Waals surface area contributed by atoms with Crippen LogP contribution in [0.15, 0.2) is 30.3 Å². The van der Waals surface area contributed by atoms with E-state index in [0.717, 1.165) is 25.7 Å². The highest BCUT2D eigenvalue weighted by Gasteiger charge is 2.91. The first-order valence-electron chi connectivity index (χ1n) is 15.3. The van der Waals surface area contributed by atoms with E-state index in [2.05, 4.69) is 6.92 Å². The summed E-state index contributed by atoms with van der Waals surface area (Å²) in [6.07, 6.45) is 3.98. The van der Waals surface area contributed by atoms with Gasteiger partial charge in [-0.2, -0.15) is 0 Å². The zero-order valence-electron chi connectivity index (χ0n) is 24.5. The van der Waals surface area contributed by atoms with Gasteiger partial charge in [-0.05, 0) is 81.8 Å². The molecule has 1 aromatic rings. The van der Waals surface area contributed by atoms with E-state index >= 15 is 0 Å². The van der Waals surface area contributed by atoms with Crippen molar-refractivity contribution >= 4 is 17.7 Å². The maximum Gasteiger partial charge on any atom is 0.338 e. The van der Waals surface area contributed by atoms with Crippen LogP contribution < -0.4 is 0 Å². The Bertz CT molecular complexity index is 1200. The molecule has 1 saturated heterocycles. The highest BCUT2D eigenvalue weighted by molar-refractivity contribution is 5.89. The highest BCUT2D eigenvalue weighted by atomic mass is 16.7. The van der Waals surface area contributed by atoms with Crippen LogP contribution in [0.4, 0.5) is 0 Å². The second-order valence-electron chi connectivity index (χ2n) is 13.9. The number of ketones is 1. The SMILES string of the molecule is CCC(C)C(=O)O[C@@H]1[C@@H](OC(=O)c2ccccc2)[C@]2(C)[C@@H](C(C)=O)CC[C@@]23O[C@]32CC[C@H]3C[C@@H](O)CC[C@]3(C)[C@@H]12. The van der Waals surface area contributed by atoms with Gasteiger partial charge < -0.3 is 19.3 Å². The van der Waals surface area contributed by atoms with Gasteiger partial charge in [0.1, 0.15) is 29.2 Å². The molecule has 5 aliphatic rings. The number of hydrogen-bond donors (Lipinski definition) is 1. The van der Waals surface area contributed by atoms with Crippen LogP contribution >= 0.6 is 0 Å². The van der Waals surface area contributed by atoms with E-state index in [1.54, 1.807) is 31.2 Å². The number of Topliss-reactive ketones (excluding diaryl/α,β-unsaturated/α-hetero) is 1. The molecule has 6 rings (SSSR count). The molecule has 1 heterocycles. The lowest BCUT2D eigenvalue weighted by Gasteiger charge is -2.61. The van der Waals surface area contributed by atoms with Crippen molar-refractivity contribution in [2.24, 2.45) is 34.5 Å². The number of epoxide rings is 1. The number of carbonyl (C=O) groups excluding carboxylic acids is 3. The average molecular weight is 553 g/mol. The summed E-state index contributed by atoms with van der Waals surface area (Å²) in [4.78, 5) is 40.5. The van der Waals surface area contributed by atoms with E-state index in [1.807, 2.05) is 26.8 Å². The number of fused-ring (bicyclic) bond motifs is 2. The molecule has 2 spiro atoms. The van der Waals surface area contributed by atoms with Crippen molar-refractivity contribution in [1.29, 1.82) is 0 Å². The molecule has 218 valence electrons. The Kier molecular flexibility index (Phi) is 6.54. The predicted octanol–water partition coefficient (Wildman–Crippen LogP) is 5.27. The Hall–Kier alpha value is -2.25. The number of benzene rings is 1. The molecule has 11 atom stereocenters. The quantitative estimate of drug-likeness (QED) is 0.379. The van der Waals surface area contributed by atoms with Gasteiger partial charge in [0.2, 0.25) is 0 Å². The smallest absolute Gasteiger partial charge is 0.338 e. The largest absolute Gasteiger partial charge is 0.458 e. The number of carbonyl (C=O) groups is 3. The molecule has 4 aliphatic carbocycles. The Labute approximate surface area is 237 Å². The molecule has 1 N–H and O–H groups in total. The van der Waals surface area contributed by atoms with E-state index in [-0.39, 0.29) is 46.9 Å². The maximum absolute atomic E-state index is 13.7. The molecule has 4 saturated carbocycles. The first kappa shape index (κ1) is 27.9. The van der Waals surface area contributed by atoms with E-state index in [4.69, 9.17) is 14.2 Å². The summed E-state index contributed by atoms with van der Waals surface area (Å²) in [5.41, 5.74) is -1.85. The standard InChI is InChI=1S/C33H44O7/c1-6-19(2)28(36)38-25-26-30(4)15-13-23(35)18-22(30)12-16-32(26)33(40-32)17-14-24(20(3)34)31(33,5)27(25)39-29(37)21-10-8-7-9-11-21/h7-11,19,22-27,35H,6,12-18H2,1-5H3/t19?,22-,23-,24+,25-,26+,27+,30-,31-,32-,33+/m0/s1. The van der Waals surface area contributed by atoms with Gasteiger partial charge in [-0.1, -0.05) is 45.9 Å². The minimum absolute atomic E-state index is 0.0527. The first-order chi connectivity index (χ1) is 18.9. The fourth-order valence-electron chi connectivity index (χ4n) is 9.91. The molecule has 5 fully saturated rings. The molecule has 7 nitrogen and oxygen atoms in total. The van der Waals surface area contributed by atoms with E-state index in [9.17, 15) is 19.5 Å². The number of aliphatic hydroxyl groups is 1. The number of aliphatic hydroxyl groups excluding tert-OH is 1. The Morgan fingerprint density at radius 1 is 1.05 bits per heavy atom. The van der Waals surface area contributed by atoms with Crippen LogP contribution in [0, 0.1) is 34.5 Å². The van der Waals surface area contributed by atoms with Gasteiger partial charge in [0.05, 0.1) is 17.6 Å². The molecule has 1 aliphatic heterocycles. The van der Waals surface area contributed by atoms with Crippen molar-refractivity contribution in [3.05, 3.63) is 35.9 Å². The summed E-state index contributed by atoms with van der Waals surface area (Å²) < 4.78 is 20.0. The predicted molar refractivity (Wildman–Crippen MR) is 147 cm³/mol. The molecular formula is C33H44O7. The Balaban J connectivity index is 1.51. The molecule has 1 unspecified atom stereocenters. The maximum atomic E-state index is 13.7. The fourth-order valence-corrected chi connectivity index (χ4v) is 9.91. The molecule has 0 aromatic heterocycles. The lowest BCUT2D eigenvalue weighted by atomic mass is 9.43. The zero-order valence-corrected chi connectivity index (χ0v) is 24.5. The summed E-state index contributed by atoms with van der Waals surface area (Å²) >= 11 is 0. The van der Waals surface area contributed by atoms with E-state index in [0.29, 0.717) is 31.2 Å². The van der Waals surface area contributed by atoms with Crippen LogP contribution in [0.25, 0.3) is 0 Å². The van der Waals surface area contributed by atoms with Crippen LogP contribution in [0.5, 0.6) is 0 Å².